The highest BCUT2D eigenvalue weighted by Crippen LogP contribution is 2.46. The first-order valence-electron chi connectivity index (χ1n) is 8.43. The van der Waals surface area contributed by atoms with Crippen LogP contribution in [0.3, 0.4) is 0 Å². The summed E-state index contributed by atoms with van der Waals surface area (Å²) >= 11 is 5.68. The SMILES string of the molecule is N#Cc1cc(C#N)cc([C@@H](C(=O)Nc2cnc(Cl)cn2)[C@H]2CCC(F)(F)C2)c1. The number of carbonyl (C=O) groups is 1. The standard InChI is InChI=1S/C19H14ClF2N5O/c20-15-9-26-16(10-25-15)27-18(28)17(13-1-2-19(21,22)6-13)14-4-11(7-23)3-12(5-14)8-24/h3-5,9-10,13,17H,1-2,6H2,(H,26,27,28)/t13-,17-/m0/s1. The lowest BCUT2D eigenvalue weighted by atomic mass is 9.82. The van der Waals surface area contributed by atoms with Crippen LogP contribution < -0.4 is 5.32 Å². The van der Waals surface area contributed by atoms with Gasteiger partial charge >= 0.3 is 0 Å². The number of nitrogens with zero attached hydrogens (tertiary/aromatic N) is 4. The second kappa shape index (κ2) is 7.87. The van der Waals surface area contributed by atoms with Crippen molar-refractivity contribution in [3.8, 4) is 12.1 Å². The summed E-state index contributed by atoms with van der Waals surface area (Å²) in [6.45, 7) is 0. The van der Waals surface area contributed by atoms with Crippen LogP contribution in [-0.4, -0.2) is 21.8 Å². The van der Waals surface area contributed by atoms with Crippen LogP contribution in [0.4, 0.5) is 14.6 Å². The highest BCUT2D eigenvalue weighted by Gasteiger charge is 2.45. The van der Waals surface area contributed by atoms with Gasteiger partial charge in [-0.05, 0) is 36.1 Å². The normalized spacial score (nSPS) is 18.7. The van der Waals surface area contributed by atoms with Gasteiger partial charge in [-0.3, -0.25) is 4.79 Å². The van der Waals surface area contributed by atoms with Gasteiger partial charge in [0, 0.05) is 12.8 Å². The molecular weight excluding hydrogens is 388 g/mol. The van der Waals surface area contributed by atoms with Crippen molar-refractivity contribution in [3.05, 3.63) is 52.4 Å². The molecule has 9 heteroatoms. The van der Waals surface area contributed by atoms with Crippen molar-refractivity contribution in [1.82, 2.24) is 9.97 Å². The molecule has 0 aliphatic heterocycles. The van der Waals surface area contributed by atoms with Crippen molar-refractivity contribution >= 4 is 23.3 Å². The van der Waals surface area contributed by atoms with E-state index in [9.17, 15) is 24.1 Å². The molecule has 0 unspecified atom stereocenters. The minimum Gasteiger partial charge on any atom is -0.309 e. The summed E-state index contributed by atoms with van der Waals surface area (Å²) < 4.78 is 27.6. The van der Waals surface area contributed by atoms with Crippen LogP contribution in [0.1, 0.15) is 41.9 Å². The van der Waals surface area contributed by atoms with E-state index in [2.05, 4.69) is 15.3 Å². The first-order chi connectivity index (χ1) is 13.3. The van der Waals surface area contributed by atoms with Crippen molar-refractivity contribution in [2.45, 2.75) is 31.1 Å². The molecule has 0 saturated heterocycles. The van der Waals surface area contributed by atoms with Crippen LogP contribution in [0.5, 0.6) is 0 Å². The summed E-state index contributed by atoms with van der Waals surface area (Å²) in [7, 11) is 0. The molecule has 142 valence electrons. The third-order valence-electron chi connectivity index (χ3n) is 4.64. The maximum Gasteiger partial charge on any atom is 0.248 e. The Balaban J connectivity index is 1.98. The molecule has 6 nitrogen and oxygen atoms in total. The van der Waals surface area contributed by atoms with E-state index >= 15 is 0 Å². The van der Waals surface area contributed by atoms with Crippen LogP contribution in [0, 0.1) is 28.6 Å². The third kappa shape index (κ3) is 4.41. The Hall–Kier alpha value is -3.10. The number of alkyl halides is 2. The largest absolute Gasteiger partial charge is 0.309 e. The highest BCUT2D eigenvalue weighted by molar-refractivity contribution is 6.29. The Bertz CT molecular complexity index is 949. The van der Waals surface area contributed by atoms with Crippen molar-refractivity contribution in [2.75, 3.05) is 5.32 Å². The van der Waals surface area contributed by atoms with Crippen LogP contribution in [0.15, 0.2) is 30.6 Å². The highest BCUT2D eigenvalue weighted by atomic mass is 35.5. The second-order valence-electron chi connectivity index (χ2n) is 6.62. The molecule has 1 aliphatic rings. The third-order valence-corrected chi connectivity index (χ3v) is 4.84. The number of carbonyl (C=O) groups excluding carboxylic acids is 1. The molecule has 1 aromatic heterocycles. The van der Waals surface area contributed by atoms with Crippen molar-refractivity contribution in [1.29, 1.82) is 10.5 Å². The van der Waals surface area contributed by atoms with Crippen molar-refractivity contribution < 1.29 is 13.6 Å². The summed E-state index contributed by atoms with van der Waals surface area (Å²) in [5, 5.41) is 21.1. The summed E-state index contributed by atoms with van der Waals surface area (Å²) in [4.78, 5) is 20.7. The molecule has 1 amide bonds. The minimum absolute atomic E-state index is 0.126. The maximum absolute atomic E-state index is 13.8. The average Bonchev–Trinajstić information content (AvgIpc) is 3.02. The summed E-state index contributed by atoms with van der Waals surface area (Å²) in [5.74, 6) is -4.89. The Labute approximate surface area is 164 Å². The van der Waals surface area contributed by atoms with E-state index in [4.69, 9.17) is 11.6 Å². The molecule has 28 heavy (non-hydrogen) atoms. The summed E-state index contributed by atoms with van der Waals surface area (Å²) in [5.41, 5.74) is 0.712. The number of nitriles is 2. The predicted molar refractivity (Wildman–Crippen MR) is 96.6 cm³/mol. The van der Waals surface area contributed by atoms with Gasteiger partial charge in [-0.15, -0.1) is 0 Å². The smallest absolute Gasteiger partial charge is 0.248 e. The van der Waals surface area contributed by atoms with Gasteiger partial charge in [0.15, 0.2) is 5.82 Å². The summed E-state index contributed by atoms with van der Waals surface area (Å²) in [6, 6.07) is 8.15. The zero-order valence-corrected chi connectivity index (χ0v) is 15.2. The molecular formula is C19H14ClF2N5O. The topological polar surface area (TPSA) is 102 Å². The van der Waals surface area contributed by atoms with Gasteiger partial charge < -0.3 is 5.32 Å². The first kappa shape index (κ1) is 19.7. The Morgan fingerprint density at radius 2 is 1.89 bits per heavy atom. The monoisotopic (exact) mass is 401 g/mol. The van der Waals surface area contributed by atoms with Gasteiger partial charge in [0.1, 0.15) is 5.15 Å². The number of rotatable bonds is 4. The molecule has 3 rings (SSSR count). The van der Waals surface area contributed by atoms with Crippen LogP contribution in [0.25, 0.3) is 0 Å². The number of hydrogen-bond acceptors (Lipinski definition) is 5. The van der Waals surface area contributed by atoms with Crippen LogP contribution in [0.2, 0.25) is 5.15 Å². The zero-order chi connectivity index (χ0) is 20.3. The lowest BCUT2D eigenvalue weighted by molar-refractivity contribution is -0.118. The molecule has 1 N–H and O–H groups in total. The quantitative estimate of drug-likeness (QED) is 0.833. The van der Waals surface area contributed by atoms with E-state index in [1.54, 1.807) is 0 Å². The van der Waals surface area contributed by atoms with Gasteiger partial charge in [0.2, 0.25) is 11.8 Å². The predicted octanol–water partition coefficient (Wildman–Crippen LogP) is 4.03. The fourth-order valence-electron chi connectivity index (χ4n) is 3.45. The van der Waals surface area contributed by atoms with Crippen molar-refractivity contribution in [3.63, 3.8) is 0 Å². The molecule has 1 heterocycles. The number of nitrogens with one attached hydrogen (secondary N) is 1. The number of halogens is 3. The molecule has 2 aromatic rings. The van der Waals surface area contributed by atoms with Gasteiger partial charge in [-0.2, -0.15) is 10.5 Å². The fourth-order valence-corrected chi connectivity index (χ4v) is 3.55. The molecule has 1 aliphatic carbocycles. The fraction of sp³-hybridized carbons (Fsp3) is 0.316. The van der Waals surface area contributed by atoms with Gasteiger partial charge in [-0.1, -0.05) is 11.6 Å². The molecule has 1 fully saturated rings. The Morgan fingerprint density at radius 3 is 2.39 bits per heavy atom. The molecule has 0 spiro atoms. The Morgan fingerprint density at radius 1 is 1.21 bits per heavy atom. The molecule has 0 bridgehead atoms. The van der Waals surface area contributed by atoms with Gasteiger partial charge in [0.25, 0.3) is 0 Å². The molecule has 1 aromatic carbocycles. The molecule has 1 saturated carbocycles. The average molecular weight is 402 g/mol. The van der Waals surface area contributed by atoms with E-state index in [0.29, 0.717) is 5.56 Å². The Kier molecular flexibility index (Phi) is 5.53. The summed E-state index contributed by atoms with van der Waals surface area (Å²) in [6.07, 6.45) is 1.89. The molecule has 2 atom stereocenters. The van der Waals surface area contributed by atoms with Crippen molar-refractivity contribution in [2.24, 2.45) is 5.92 Å². The first-order valence-corrected chi connectivity index (χ1v) is 8.80. The second-order valence-corrected chi connectivity index (χ2v) is 7.00. The number of anilines is 1. The van der Waals surface area contributed by atoms with E-state index in [1.807, 2.05) is 12.1 Å². The lowest BCUT2D eigenvalue weighted by Gasteiger charge is -2.23. The number of aromatic nitrogens is 2. The minimum atomic E-state index is -2.85. The van der Waals surface area contributed by atoms with Gasteiger partial charge in [0.05, 0.1) is 41.6 Å². The van der Waals surface area contributed by atoms with Crippen LogP contribution >= 0.6 is 11.6 Å². The lowest BCUT2D eigenvalue weighted by Crippen LogP contribution is -2.28. The van der Waals surface area contributed by atoms with Crippen LogP contribution in [-0.2, 0) is 4.79 Å². The van der Waals surface area contributed by atoms with E-state index < -0.39 is 30.1 Å². The number of benzene rings is 1. The zero-order valence-electron chi connectivity index (χ0n) is 14.5. The molecule has 0 radical (unpaired) electrons. The van der Waals surface area contributed by atoms with E-state index in [-0.39, 0.29) is 34.9 Å². The number of amides is 1. The van der Waals surface area contributed by atoms with E-state index in [0.717, 1.165) is 0 Å². The van der Waals surface area contributed by atoms with Gasteiger partial charge in [-0.25, -0.2) is 18.7 Å². The maximum atomic E-state index is 13.8. The van der Waals surface area contributed by atoms with E-state index in [1.165, 1.54) is 30.6 Å². The number of hydrogen-bond donors (Lipinski definition) is 1.